The molecule has 0 bridgehead atoms. The molecule has 0 radical (unpaired) electrons. The first kappa shape index (κ1) is 20.6. The van der Waals surface area contributed by atoms with E-state index in [1.807, 2.05) is 0 Å². The van der Waals surface area contributed by atoms with E-state index in [1.54, 1.807) is 13.8 Å². The highest BCUT2D eigenvalue weighted by Crippen LogP contribution is 2.23. The van der Waals surface area contributed by atoms with Gasteiger partial charge in [-0.3, -0.25) is 0 Å². The second-order valence-electron chi connectivity index (χ2n) is 5.17. The fourth-order valence-electron chi connectivity index (χ4n) is 1.49. The Morgan fingerprint density at radius 1 is 1.32 bits per heavy atom. The molecule has 1 rings (SSSR count). The fraction of sp³-hybridized carbons (Fsp3) is 0.462. The summed E-state index contributed by atoms with van der Waals surface area (Å²) in [7, 11) is -1.19. The first-order valence-electron chi connectivity index (χ1n) is 6.15. The number of halogens is 1. The molecule has 0 aromatic heterocycles. The zero-order chi connectivity index (χ0) is 16.3. The standard InChI is InChI=1S/C13H20N2O5S.ClH/c1-13(2,14)8-15-21(17,18)9-5-6-11(19-3)10(7-9)12(16)20-4;/h5-7,15H,8,14H2,1-4H3;1H. The lowest BCUT2D eigenvalue weighted by molar-refractivity contribution is 0.0597. The Kier molecular flexibility index (Phi) is 7.30. The Labute approximate surface area is 136 Å². The predicted octanol–water partition coefficient (Wildman–Crippen LogP) is 0.919. The number of nitrogens with one attached hydrogen (secondary N) is 1. The zero-order valence-corrected chi connectivity index (χ0v) is 14.5. The first-order chi connectivity index (χ1) is 9.60. The summed E-state index contributed by atoms with van der Waals surface area (Å²) in [5.41, 5.74) is 5.09. The van der Waals surface area contributed by atoms with Crippen molar-refractivity contribution in [2.24, 2.45) is 5.73 Å². The molecule has 3 N–H and O–H groups in total. The van der Waals surface area contributed by atoms with Crippen LogP contribution >= 0.6 is 12.4 Å². The number of nitrogens with two attached hydrogens (primary N) is 1. The molecule has 0 amide bonds. The molecule has 1 aromatic rings. The van der Waals surface area contributed by atoms with Gasteiger partial charge in [0.25, 0.3) is 0 Å². The van der Waals surface area contributed by atoms with Crippen molar-refractivity contribution in [3.63, 3.8) is 0 Å². The Morgan fingerprint density at radius 3 is 2.36 bits per heavy atom. The van der Waals surface area contributed by atoms with Crippen molar-refractivity contribution >= 4 is 28.4 Å². The Bertz CT molecular complexity index is 626. The SMILES string of the molecule is COC(=O)c1cc(S(=O)(=O)NCC(C)(C)N)ccc1OC.Cl. The average Bonchev–Trinajstić information content (AvgIpc) is 2.43. The molecule has 0 heterocycles. The number of esters is 1. The second kappa shape index (κ2) is 7.77. The summed E-state index contributed by atoms with van der Waals surface area (Å²) >= 11 is 0. The van der Waals surface area contributed by atoms with Gasteiger partial charge in [-0.1, -0.05) is 0 Å². The Hall–Kier alpha value is -1.35. The van der Waals surface area contributed by atoms with E-state index in [4.69, 9.17) is 10.5 Å². The minimum absolute atomic E-state index is 0. The molecule has 22 heavy (non-hydrogen) atoms. The van der Waals surface area contributed by atoms with E-state index in [0.717, 1.165) is 0 Å². The highest BCUT2D eigenvalue weighted by atomic mass is 35.5. The molecule has 0 atom stereocenters. The third-order valence-corrected chi connectivity index (χ3v) is 4.00. The normalized spacial score (nSPS) is 11.5. The average molecular weight is 353 g/mol. The van der Waals surface area contributed by atoms with Gasteiger partial charge in [-0.15, -0.1) is 12.4 Å². The molecule has 1 aromatic carbocycles. The third kappa shape index (κ3) is 5.45. The number of benzene rings is 1. The third-order valence-electron chi connectivity index (χ3n) is 2.60. The maximum atomic E-state index is 12.2. The van der Waals surface area contributed by atoms with E-state index in [0.29, 0.717) is 0 Å². The second-order valence-corrected chi connectivity index (χ2v) is 6.93. The van der Waals surface area contributed by atoms with Crippen molar-refractivity contribution in [2.45, 2.75) is 24.3 Å². The molecular weight excluding hydrogens is 332 g/mol. The van der Waals surface area contributed by atoms with Crippen molar-refractivity contribution in [1.29, 1.82) is 0 Å². The highest BCUT2D eigenvalue weighted by Gasteiger charge is 2.22. The van der Waals surface area contributed by atoms with Gasteiger partial charge in [0.2, 0.25) is 10.0 Å². The number of ether oxygens (including phenoxy) is 2. The van der Waals surface area contributed by atoms with Crippen LogP contribution in [0.4, 0.5) is 0 Å². The van der Waals surface area contributed by atoms with E-state index >= 15 is 0 Å². The molecule has 0 aliphatic rings. The molecule has 9 heteroatoms. The van der Waals surface area contributed by atoms with Crippen LogP contribution in [0.1, 0.15) is 24.2 Å². The van der Waals surface area contributed by atoms with E-state index < -0.39 is 21.5 Å². The maximum Gasteiger partial charge on any atom is 0.341 e. The van der Waals surface area contributed by atoms with Crippen LogP contribution < -0.4 is 15.2 Å². The summed E-state index contributed by atoms with van der Waals surface area (Å²) in [5.74, 6) is -0.442. The minimum atomic E-state index is -3.78. The van der Waals surface area contributed by atoms with Gasteiger partial charge in [-0.05, 0) is 32.0 Å². The van der Waals surface area contributed by atoms with Gasteiger partial charge >= 0.3 is 5.97 Å². The minimum Gasteiger partial charge on any atom is -0.496 e. The highest BCUT2D eigenvalue weighted by molar-refractivity contribution is 7.89. The van der Waals surface area contributed by atoms with Crippen LogP contribution in [0.5, 0.6) is 5.75 Å². The van der Waals surface area contributed by atoms with Crippen LogP contribution in [0.25, 0.3) is 0 Å². The summed E-state index contributed by atoms with van der Waals surface area (Å²) in [4.78, 5) is 11.6. The monoisotopic (exact) mass is 352 g/mol. The quantitative estimate of drug-likeness (QED) is 0.737. The van der Waals surface area contributed by atoms with Gasteiger partial charge in [0, 0.05) is 12.1 Å². The van der Waals surface area contributed by atoms with E-state index in [9.17, 15) is 13.2 Å². The van der Waals surface area contributed by atoms with Crippen LogP contribution in [-0.4, -0.2) is 40.7 Å². The molecular formula is C13H21ClN2O5S. The van der Waals surface area contributed by atoms with Crippen molar-refractivity contribution in [2.75, 3.05) is 20.8 Å². The molecule has 0 aliphatic heterocycles. The Balaban J connectivity index is 0.00000441. The molecule has 0 fully saturated rings. The lowest BCUT2D eigenvalue weighted by Gasteiger charge is -2.19. The van der Waals surface area contributed by atoms with Gasteiger partial charge in [-0.2, -0.15) is 0 Å². The first-order valence-corrected chi connectivity index (χ1v) is 7.64. The topological polar surface area (TPSA) is 108 Å². The molecule has 0 saturated carbocycles. The van der Waals surface area contributed by atoms with Gasteiger partial charge in [0.05, 0.1) is 19.1 Å². The summed E-state index contributed by atoms with van der Waals surface area (Å²) in [6.07, 6.45) is 0. The van der Waals surface area contributed by atoms with Gasteiger partial charge in [-0.25, -0.2) is 17.9 Å². The number of sulfonamides is 1. The van der Waals surface area contributed by atoms with Crippen LogP contribution in [0, 0.1) is 0 Å². The smallest absolute Gasteiger partial charge is 0.341 e. The lowest BCUT2D eigenvalue weighted by atomic mass is 10.1. The van der Waals surface area contributed by atoms with Crippen LogP contribution in [0.3, 0.4) is 0 Å². The van der Waals surface area contributed by atoms with Crippen molar-refractivity contribution < 1.29 is 22.7 Å². The number of methoxy groups -OCH3 is 2. The number of carbonyl (C=O) groups is 1. The lowest BCUT2D eigenvalue weighted by Crippen LogP contribution is -2.45. The molecule has 126 valence electrons. The van der Waals surface area contributed by atoms with Crippen LogP contribution in [-0.2, 0) is 14.8 Å². The largest absolute Gasteiger partial charge is 0.496 e. The Morgan fingerprint density at radius 2 is 1.91 bits per heavy atom. The van der Waals surface area contributed by atoms with Gasteiger partial charge in [0.1, 0.15) is 11.3 Å². The fourth-order valence-corrected chi connectivity index (χ4v) is 2.74. The number of rotatable bonds is 6. The zero-order valence-electron chi connectivity index (χ0n) is 12.9. The van der Waals surface area contributed by atoms with Crippen molar-refractivity contribution in [1.82, 2.24) is 4.72 Å². The maximum absolute atomic E-state index is 12.2. The van der Waals surface area contributed by atoms with Crippen molar-refractivity contribution in [3.05, 3.63) is 23.8 Å². The van der Waals surface area contributed by atoms with E-state index in [-0.39, 0.29) is 35.2 Å². The van der Waals surface area contributed by atoms with E-state index in [2.05, 4.69) is 9.46 Å². The van der Waals surface area contributed by atoms with Gasteiger partial charge in [0.15, 0.2) is 0 Å². The van der Waals surface area contributed by atoms with Crippen LogP contribution in [0.2, 0.25) is 0 Å². The summed E-state index contributed by atoms with van der Waals surface area (Å²) in [5, 5.41) is 0. The number of hydrogen-bond donors (Lipinski definition) is 2. The summed E-state index contributed by atoms with van der Waals surface area (Å²) in [6.45, 7) is 3.46. The van der Waals surface area contributed by atoms with Crippen molar-refractivity contribution in [3.8, 4) is 5.75 Å². The predicted molar refractivity (Wildman–Crippen MR) is 85.0 cm³/mol. The molecule has 0 saturated heterocycles. The molecule has 7 nitrogen and oxygen atoms in total. The molecule has 0 unspecified atom stereocenters. The molecule has 0 spiro atoms. The molecule has 0 aliphatic carbocycles. The van der Waals surface area contributed by atoms with Gasteiger partial charge < -0.3 is 15.2 Å². The number of carbonyl (C=O) groups excluding carboxylic acids is 1. The summed E-state index contributed by atoms with van der Waals surface area (Å²) in [6, 6.07) is 3.95. The van der Waals surface area contributed by atoms with Crippen LogP contribution in [0.15, 0.2) is 23.1 Å². The summed E-state index contributed by atoms with van der Waals surface area (Å²) < 4.78 is 36.4. The van der Waals surface area contributed by atoms with E-state index in [1.165, 1.54) is 32.4 Å². The number of hydrogen-bond acceptors (Lipinski definition) is 6.